The number of halogens is 1. The van der Waals surface area contributed by atoms with Gasteiger partial charge in [0.05, 0.1) is 10.6 Å². The highest BCUT2D eigenvalue weighted by Gasteiger charge is 2.22. The van der Waals surface area contributed by atoms with Crippen molar-refractivity contribution < 1.29 is 12.8 Å². The van der Waals surface area contributed by atoms with Gasteiger partial charge in [-0.3, -0.25) is 0 Å². The lowest BCUT2D eigenvalue weighted by Crippen LogP contribution is -2.42. The third-order valence-electron chi connectivity index (χ3n) is 2.95. The minimum atomic E-state index is -3.76. The molecule has 0 saturated carbocycles. The number of nitrogen functional groups attached to an aromatic ring is 1. The van der Waals surface area contributed by atoms with Crippen LogP contribution in [0.25, 0.3) is 0 Å². The number of rotatable bonds is 7. The molecule has 0 fully saturated rings. The van der Waals surface area contributed by atoms with Crippen molar-refractivity contribution in [2.75, 3.05) is 26.4 Å². The second-order valence-electron chi connectivity index (χ2n) is 5.89. The van der Waals surface area contributed by atoms with Crippen LogP contribution < -0.4 is 10.5 Å². The lowest BCUT2D eigenvalue weighted by Gasteiger charge is -2.23. The highest BCUT2D eigenvalue weighted by Crippen LogP contribution is 2.17. The SMILES string of the molecule is CC(C)CC(CN(C)C)NS(=O)(=O)c1ccc(N)c(F)c1. The summed E-state index contributed by atoms with van der Waals surface area (Å²) >= 11 is 0. The zero-order valence-corrected chi connectivity index (χ0v) is 13.7. The maximum absolute atomic E-state index is 13.4. The van der Waals surface area contributed by atoms with E-state index in [1.165, 1.54) is 12.1 Å². The van der Waals surface area contributed by atoms with Crippen molar-refractivity contribution in [2.24, 2.45) is 5.92 Å². The fourth-order valence-electron chi connectivity index (χ4n) is 2.13. The number of nitrogens with one attached hydrogen (secondary N) is 1. The number of sulfonamides is 1. The Morgan fingerprint density at radius 1 is 1.33 bits per heavy atom. The number of nitrogens with two attached hydrogens (primary N) is 1. The Hall–Kier alpha value is -1.18. The molecular weight excluding hydrogens is 293 g/mol. The molecule has 0 spiro atoms. The Morgan fingerprint density at radius 3 is 2.43 bits per heavy atom. The summed E-state index contributed by atoms with van der Waals surface area (Å²) in [4.78, 5) is 1.81. The van der Waals surface area contributed by atoms with Crippen molar-refractivity contribution in [2.45, 2.75) is 31.2 Å². The molecule has 1 rings (SSSR count). The van der Waals surface area contributed by atoms with Gasteiger partial charge in [0.15, 0.2) is 0 Å². The van der Waals surface area contributed by atoms with Crippen LogP contribution >= 0.6 is 0 Å². The monoisotopic (exact) mass is 317 g/mol. The lowest BCUT2D eigenvalue weighted by molar-refractivity contribution is 0.329. The summed E-state index contributed by atoms with van der Waals surface area (Å²) in [5.74, 6) is -0.383. The smallest absolute Gasteiger partial charge is 0.240 e. The van der Waals surface area contributed by atoms with Gasteiger partial charge in [-0.15, -0.1) is 0 Å². The fraction of sp³-hybridized carbons (Fsp3) is 0.571. The molecule has 1 aromatic carbocycles. The van der Waals surface area contributed by atoms with Crippen LogP contribution in [0.2, 0.25) is 0 Å². The maximum atomic E-state index is 13.4. The Labute approximate surface area is 126 Å². The first kappa shape index (κ1) is 17.9. The first-order valence-corrected chi connectivity index (χ1v) is 8.32. The number of hydrogen-bond donors (Lipinski definition) is 2. The molecule has 0 radical (unpaired) electrons. The van der Waals surface area contributed by atoms with Crippen molar-refractivity contribution in [3.63, 3.8) is 0 Å². The van der Waals surface area contributed by atoms with Crippen LogP contribution in [0.4, 0.5) is 10.1 Å². The van der Waals surface area contributed by atoms with Crippen LogP contribution in [0, 0.1) is 11.7 Å². The summed E-state index contributed by atoms with van der Waals surface area (Å²) in [6.07, 6.45) is 0.703. The predicted molar refractivity (Wildman–Crippen MR) is 82.9 cm³/mol. The van der Waals surface area contributed by atoms with Crippen molar-refractivity contribution >= 4 is 15.7 Å². The molecule has 0 aliphatic heterocycles. The van der Waals surface area contributed by atoms with Gasteiger partial charge in [-0.1, -0.05) is 13.8 Å². The molecular formula is C14H24FN3O2S. The molecule has 0 aliphatic rings. The summed E-state index contributed by atoms with van der Waals surface area (Å²) in [6.45, 7) is 4.63. The van der Waals surface area contributed by atoms with E-state index >= 15 is 0 Å². The van der Waals surface area contributed by atoms with Crippen molar-refractivity contribution in [1.82, 2.24) is 9.62 Å². The van der Waals surface area contributed by atoms with Gasteiger partial charge in [-0.2, -0.15) is 0 Å². The molecule has 0 aromatic heterocycles. The predicted octanol–water partition coefficient (Wildman–Crippen LogP) is 1.66. The first-order valence-electron chi connectivity index (χ1n) is 6.84. The summed E-state index contributed by atoms with van der Waals surface area (Å²) in [5, 5.41) is 0. The molecule has 1 atom stereocenters. The number of anilines is 1. The van der Waals surface area contributed by atoms with E-state index in [0.29, 0.717) is 18.9 Å². The highest BCUT2D eigenvalue weighted by molar-refractivity contribution is 7.89. The molecule has 1 unspecified atom stereocenters. The molecule has 7 heteroatoms. The number of hydrogen-bond acceptors (Lipinski definition) is 4. The van der Waals surface area contributed by atoms with Gasteiger partial charge in [-0.25, -0.2) is 17.5 Å². The van der Waals surface area contributed by atoms with Crippen LogP contribution in [0.5, 0.6) is 0 Å². The first-order chi connectivity index (χ1) is 9.61. The van der Waals surface area contributed by atoms with Gasteiger partial charge in [-0.05, 0) is 44.6 Å². The van der Waals surface area contributed by atoms with E-state index in [2.05, 4.69) is 4.72 Å². The highest BCUT2D eigenvalue weighted by atomic mass is 32.2. The zero-order valence-electron chi connectivity index (χ0n) is 12.9. The van der Waals surface area contributed by atoms with Crippen molar-refractivity contribution in [3.8, 4) is 0 Å². The number of benzene rings is 1. The van der Waals surface area contributed by atoms with E-state index in [1.807, 2.05) is 32.8 Å². The van der Waals surface area contributed by atoms with Crippen LogP contribution in [-0.2, 0) is 10.0 Å². The standard InChI is InChI=1S/C14H24FN3O2S/c1-10(2)7-11(9-18(3)4)17-21(19,20)12-5-6-14(16)13(15)8-12/h5-6,8,10-11,17H,7,9,16H2,1-4H3. The van der Waals surface area contributed by atoms with E-state index < -0.39 is 15.8 Å². The topological polar surface area (TPSA) is 75.4 Å². The van der Waals surface area contributed by atoms with Gasteiger partial charge >= 0.3 is 0 Å². The van der Waals surface area contributed by atoms with Crippen LogP contribution in [0.3, 0.4) is 0 Å². The Balaban J connectivity index is 2.96. The molecule has 120 valence electrons. The molecule has 3 N–H and O–H groups in total. The van der Waals surface area contributed by atoms with Crippen LogP contribution in [-0.4, -0.2) is 40.0 Å². The normalized spacial score (nSPS) is 13.9. The summed E-state index contributed by atoms with van der Waals surface area (Å²) in [5.41, 5.74) is 5.30. The third kappa shape index (κ3) is 5.61. The summed E-state index contributed by atoms with van der Waals surface area (Å²) in [7, 11) is -0.00327. The average molecular weight is 317 g/mol. The molecule has 0 amide bonds. The molecule has 0 aliphatic carbocycles. The van der Waals surface area contributed by atoms with Crippen molar-refractivity contribution in [1.29, 1.82) is 0 Å². The molecule has 21 heavy (non-hydrogen) atoms. The second kappa shape index (κ2) is 7.20. The summed E-state index contributed by atoms with van der Waals surface area (Å²) < 4.78 is 40.7. The van der Waals surface area contributed by atoms with E-state index in [1.54, 1.807) is 0 Å². The third-order valence-corrected chi connectivity index (χ3v) is 4.46. The number of nitrogens with zero attached hydrogens (tertiary/aromatic N) is 1. The summed E-state index contributed by atoms with van der Waals surface area (Å²) in [6, 6.07) is 3.28. The molecule has 0 heterocycles. The Bertz CT molecular complexity index is 564. The molecule has 0 bridgehead atoms. The Morgan fingerprint density at radius 2 is 1.95 bits per heavy atom. The number of likely N-dealkylation sites (N-methyl/N-ethyl adjacent to an activating group) is 1. The van der Waals surface area contributed by atoms with Crippen molar-refractivity contribution in [3.05, 3.63) is 24.0 Å². The minimum Gasteiger partial charge on any atom is -0.396 e. The second-order valence-corrected chi connectivity index (χ2v) is 7.61. The Kier molecular flexibility index (Phi) is 6.12. The van der Waals surface area contributed by atoms with E-state index in [0.717, 1.165) is 6.07 Å². The maximum Gasteiger partial charge on any atom is 0.240 e. The average Bonchev–Trinajstić information content (AvgIpc) is 2.29. The van der Waals surface area contributed by atoms with Crippen LogP contribution in [0.1, 0.15) is 20.3 Å². The van der Waals surface area contributed by atoms with Gasteiger partial charge in [0, 0.05) is 12.6 Å². The largest absolute Gasteiger partial charge is 0.396 e. The van der Waals surface area contributed by atoms with Gasteiger partial charge in [0.2, 0.25) is 10.0 Å². The minimum absolute atomic E-state index is 0.0685. The quantitative estimate of drug-likeness (QED) is 0.750. The van der Waals surface area contributed by atoms with Crippen LogP contribution in [0.15, 0.2) is 23.1 Å². The molecule has 1 aromatic rings. The lowest BCUT2D eigenvalue weighted by atomic mass is 10.0. The van der Waals surface area contributed by atoms with E-state index in [-0.39, 0.29) is 16.6 Å². The fourth-order valence-corrected chi connectivity index (χ4v) is 3.38. The van der Waals surface area contributed by atoms with Gasteiger partial charge in [0.25, 0.3) is 0 Å². The zero-order chi connectivity index (χ0) is 16.2. The van der Waals surface area contributed by atoms with Gasteiger partial charge < -0.3 is 10.6 Å². The van der Waals surface area contributed by atoms with E-state index in [9.17, 15) is 12.8 Å². The molecule has 5 nitrogen and oxygen atoms in total. The molecule has 0 saturated heterocycles. The van der Waals surface area contributed by atoms with Gasteiger partial charge in [0.1, 0.15) is 5.82 Å². The van der Waals surface area contributed by atoms with E-state index in [4.69, 9.17) is 5.73 Å².